The number of alkyl halides is 3. The van der Waals surface area contributed by atoms with Gasteiger partial charge in [0.2, 0.25) is 0 Å². The quantitative estimate of drug-likeness (QED) is 0.782. The summed E-state index contributed by atoms with van der Waals surface area (Å²) in [5.74, 6) is -0.407. The van der Waals surface area contributed by atoms with Crippen LogP contribution in [0, 0.1) is 6.92 Å². The van der Waals surface area contributed by atoms with E-state index in [1.165, 1.54) is 0 Å². The summed E-state index contributed by atoms with van der Waals surface area (Å²) < 4.78 is 39.4. The van der Waals surface area contributed by atoms with Gasteiger partial charge in [0, 0.05) is 18.1 Å². The fraction of sp³-hybridized carbons (Fsp3) is 0.235. The first-order valence-electron chi connectivity index (χ1n) is 7.61. The second kappa shape index (κ2) is 6.19. The molecule has 1 N–H and O–H groups in total. The molecule has 0 fully saturated rings. The average Bonchev–Trinajstić information content (AvgIpc) is 2.90. The number of rotatable bonds is 3. The maximum Gasteiger partial charge on any atom is 0.417 e. The third-order valence-electron chi connectivity index (χ3n) is 3.88. The SMILES string of the molecule is CCc1nc2ccc(C(=O)Nc3ccc(C(F)(F)F)cn3)cn2c1C. The number of carbonyl (C=O) groups is 1. The first-order valence-corrected chi connectivity index (χ1v) is 7.61. The Bertz CT molecular complexity index is 929. The van der Waals surface area contributed by atoms with Crippen molar-refractivity contribution in [3.63, 3.8) is 0 Å². The first kappa shape index (κ1) is 16.9. The molecule has 3 heterocycles. The topological polar surface area (TPSA) is 59.3 Å². The molecule has 130 valence electrons. The van der Waals surface area contributed by atoms with Crippen LogP contribution >= 0.6 is 0 Å². The van der Waals surface area contributed by atoms with Crippen molar-refractivity contribution in [2.45, 2.75) is 26.4 Å². The number of hydrogen-bond acceptors (Lipinski definition) is 3. The molecular weight excluding hydrogens is 333 g/mol. The van der Waals surface area contributed by atoms with Crippen LogP contribution in [0.2, 0.25) is 0 Å². The molecule has 0 atom stereocenters. The van der Waals surface area contributed by atoms with Crippen LogP contribution in [0.4, 0.5) is 19.0 Å². The average molecular weight is 348 g/mol. The maximum absolute atomic E-state index is 12.5. The molecule has 3 aromatic rings. The monoisotopic (exact) mass is 348 g/mol. The van der Waals surface area contributed by atoms with Gasteiger partial charge in [0.05, 0.1) is 16.8 Å². The highest BCUT2D eigenvalue weighted by molar-refractivity contribution is 6.03. The summed E-state index contributed by atoms with van der Waals surface area (Å²) in [5.41, 5.74) is 2.12. The minimum absolute atomic E-state index is 0.0506. The van der Waals surface area contributed by atoms with Gasteiger partial charge in [-0.15, -0.1) is 0 Å². The van der Waals surface area contributed by atoms with E-state index in [0.717, 1.165) is 35.6 Å². The summed E-state index contributed by atoms with van der Waals surface area (Å²) in [5, 5.41) is 2.49. The van der Waals surface area contributed by atoms with Crippen LogP contribution in [0.3, 0.4) is 0 Å². The lowest BCUT2D eigenvalue weighted by Gasteiger charge is -2.08. The number of nitrogens with one attached hydrogen (secondary N) is 1. The van der Waals surface area contributed by atoms with Crippen LogP contribution in [-0.4, -0.2) is 20.3 Å². The van der Waals surface area contributed by atoms with Crippen molar-refractivity contribution in [1.82, 2.24) is 14.4 Å². The Morgan fingerprint density at radius 3 is 2.60 bits per heavy atom. The number of amides is 1. The second-order valence-corrected chi connectivity index (χ2v) is 5.53. The predicted octanol–water partition coefficient (Wildman–Crippen LogP) is 3.87. The molecule has 0 aliphatic carbocycles. The molecule has 0 bridgehead atoms. The number of carbonyl (C=O) groups excluding carboxylic acids is 1. The summed E-state index contributed by atoms with van der Waals surface area (Å²) in [4.78, 5) is 20.4. The normalized spacial score (nSPS) is 11.7. The molecule has 0 aliphatic rings. The predicted molar refractivity (Wildman–Crippen MR) is 86.5 cm³/mol. The van der Waals surface area contributed by atoms with Gasteiger partial charge < -0.3 is 9.72 Å². The number of fused-ring (bicyclic) bond motifs is 1. The van der Waals surface area contributed by atoms with Crippen molar-refractivity contribution >= 4 is 17.4 Å². The maximum atomic E-state index is 12.5. The Morgan fingerprint density at radius 1 is 1.24 bits per heavy atom. The van der Waals surface area contributed by atoms with Crippen LogP contribution in [0.1, 0.15) is 34.2 Å². The Hall–Kier alpha value is -2.90. The molecular formula is C17H15F3N4O. The zero-order chi connectivity index (χ0) is 18.2. The molecule has 3 rings (SSSR count). The molecule has 1 amide bonds. The fourth-order valence-electron chi connectivity index (χ4n) is 2.50. The summed E-state index contributed by atoms with van der Waals surface area (Å²) in [6.07, 6.45) is -1.34. The van der Waals surface area contributed by atoms with Gasteiger partial charge >= 0.3 is 6.18 Å². The summed E-state index contributed by atoms with van der Waals surface area (Å²) in [6, 6.07) is 5.33. The van der Waals surface area contributed by atoms with Crippen molar-refractivity contribution in [1.29, 1.82) is 0 Å². The molecule has 5 nitrogen and oxygen atoms in total. The van der Waals surface area contributed by atoms with Crippen molar-refractivity contribution in [3.8, 4) is 0 Å². The van der Waals surface area contributed by atoms with Crippen LogP contribution in [0.15, 0.2) is 36.7 Å². The number of aromatic nitrogens is 3. The highest BCUT2D eigenvalue weighted by atomic mass is 19.4. The third kappa shape index (κ3) is 3.33. The number of pyridine rings is 2. The Balaban J connectivity index is 1.83. The smallest absolute Gasteiger partial charge is 0.307 e. The van der Waals surface area contributed by atoms with Crippen molar-refractivity contribution in [2.75, 3.05) is 5.32 Å². The second-order valence-electron chi connectivity index (χ2n) is 5.53. The number of aryl methyl sites for hydroxylation is 2. The van der Waals surface area contributed by atoms with E-state index in [1.54, 1.807) is 18.3 Å². The van der Waals surface area contributed by atoms with E-state index in [2.05, 4.69) is 15.3 Å². The Kier molecular flexibility index (Phi) is 4.20. The van der Waals surface area contributed by atoms with E-state index in [4.69, 9.17) is 0 Å². The molecule has 0 radical (unpaired) electrons. The highest BCUT2D eigenvalue weighted by Gasteiger charge is 2.30. The molecule has 0 unspecified atom stereocenters. The molecule has 0 aliphatic heterocycles. The molecule has 8 heteroatoms. The lowest BCUT2D eigenvalue weighted by atomic mass is 10.2. The van der Waals surface area contributed by atoms with Gasteiger partial charge in [-0.25, -0.2) is 9.97 Å². The number of nitrogens with zero attached hydrogens (tertiary/aromatic N) is 3. The number of hydrogen-bond donors (Lipinski definition) is 1. The van der Waals surface area contributed by atoms with Crippen LogP contribution < -0.4 is 5.32 Å². The zero-order valence-corrected chi connectivity index (χ0v) is 13.6. The number of imidazole rings is 1. The zero-order valence-electron chi connectivity index (χ0n) is 13.6. The van der Waals surface area contributed by atoms with Gasteiger partial charge in [0.25, 0.3) is 5.91 Å². The van der Waals surface area contributed by atoms with Crippen molar-refractivity contribution < 1.29 is 18.0 Å². The minimum Gasteiger partial charge on any atom is -0.307 e. The summed E-state index contributed by atoms with van der Waals surface area (Å²) in [7, 11) is 0. The number of anilines is 1. The number of halogens is 3. The lowest BCUT2D eigenvalue weighted by Crippen LogP contribution is -2.14. The van der Waals surface area contributed by atoms with Gasteiger partial charge in [0.1, 0.15) is 11.5 Å². The third-order valence-corrected chi connectivity index (χ3v) is 3.88. The highest BCUT2D eigenvalue weighted by Crippen LogP contribution is 2.28. The van der Waals surface area contributed by atoms with E-state index in [0.29, 0.717) is 11.8 Å². The van der Waals surface area contributed by atoms with Gasteiger partial charge in [0.15, 0.2) is 0 Å². The van der Waals surface area contributed by atoms with Gasteiger partial charge in [-0.05, 0) is 37.6 Å². The molecule has 0 aromatic carbocycles. The van der Waals surface area contributed by atoms with Crippen LogP contribution in [0.25, 0.3) is 5.65 Å². The van der Waals surface area contributed by atoms with E-state index >= 15 is 0 Å². The van der Waals surface area contributed by atoms with Crippen molar-refractivity contribution in [3.05, 3.63) is 59.2 Å². The molecule has 0 saturated carbocycles. The van der Waals surface area contributed by atoms with E-state index in [9.17, 15) is 18.0 Å². The lowest BCUT2D eigenvalue weighted by molar-refractivity contribution is -0.137. The molecule has 3 aromatic heterocycles. The van der Waals surface area contributed by atoms with Gasteiger partial charge in [-0.2, -0.15) is 13.2 Å². The van der Waals surface area contributed by atoms with E-state index < -0.39 is 17.6 Å². The largest absolute Gasteiger partial charge is 0.417 e. The van der Waals surface area contributed by atoms with Gasteiger partial charge in [-0.3, -0.25) is 4.79 Å². The van der Waals surface area contributed by atoms with E-state index in [-0.39, 0.29) is 5.82 Å². The van der Waals surface area contributed by atoms with Crippen LogP contribution in [0.5, 0.6) is 0 Å². The van der Waals surface area contributed by atoms with Crippen molar-refractivity contribution in [2.24, 2.45) is 0 Å². The molecule has 0 saturated heterocycles. The Morgan fingerprint density at radius 2 is 2.00 bits per heavy atom. The molecule has 0 spiro atoms. The minimum atomic E-state index is -4.46. The Labute approximate surface area is 141 Å². The first-order chi connectivity index (χ1) is 11.8. The summed E-state index contributed by atoms with van der Waals surface area (Å²) in [6.45, 7) is 3.91. The van der Waals surface area contributed by atoms with Gasteiger partial charge in [-0.1, -0.05) is 6.92 Å². The van der Waals surface area contributed by atoms with E-state index in [1.807, 2.05) is 18.2 Å². The molecule has 25 heavy (non-hydrogen) atoms. The van der Waals surface area contributed by atoms with Crippen LogP contribution in [-0.2, 0) is 12.6 Å². The summed E-state index contributed by atoms with van der Waals surface area (Å²) >= 11 is 0. The standard InChI is InChI=1S/C17H15F3N4O/c1-3-13-10(2)24-9-11(4-7-15(24)22-13)16(25)23-14-6-5-12(8-21-14)17(18,19)20/h4-9H,3H2,1-2H3,(H,21,23,25). The fourth-order valence-corrected chi connectivity index (χ4v) is 2.50.